The Morgan fingerprint density at radius 1 is 0.905 bits per heavy atom. The molecule has 5 heteroatoms. The summed E-state index contributed by atoms with van der Waals surface area (Å²) >= 11 is 4.19. The van der Waals surface area contributed by atoms with Crippen LogP contribution in [0.5, 0.6) is 0 Å². The van der Waals surface area contributed by atoms with E-state index in [-0.39, 0.29) is 0 Å². The van der Waals surface area contributed by atoms with Gasteiger partial charge in [-0.05, 0) is 39.9 Å². The molecule has 0 amide bonds. The molecule has 3 nitrogen and oxygen atoms in total. The third kappa shape index (κ3) is 10.1. The van der Waals surface area contributed by atoms with Crippen LogP contribution in [0.2, 0.25) is 6.04 Å². The highest BCUT2D eigenvalue weighted by Gasteiger charge is 2.39. The summed E-state index contributed by atoms with van der Waals surface area (Å²) in [6.45, 7) is 9.96. The summed E-state index contributed by atoms with van der Waals surface area (Å²) in [5.41, 5.74) is 1.32. The van der Waals surface area contributed by atoms with Crippen LogP contribution in [0.25, 0.3) is 0 Å². The van der Waals surface area contributed by atoms with Crippen LogP contribution in [0.1, 0.15) is 32.8 Å². The van der Waals surface area contributed by atoms with Gasteiger partial charge in [-0.3, -0.25) is 0 Å². The summed E-state index contributed by atoms with van der Waals surface area (Å²) in [6, 6.07) is 11.1. The van der Waals surface area contributed by atoms with Crippen molar-refractivity contribution in [2.45, 2.75) is 40.2 Å². The van der Waals surface area contributed by atoms with Crippen LogP contribution < -0.4 is 0 Å². The fraction of sp³-hybridized carbons (Fsp3) is 0.625. The zero-order valence-corrected chi connectivity index (χ0v) is 15.7. The second-order valence-corrected chi connectivity index (χ2v) is 7.64. The maximum absolute atomic E-state index is 5.67. The molecule has 0 saturated heterocycles. The smallest absolute Gasteiger partial charge is 0.374 e. The van der Waals surface area contributed by atoms with Crippen molar-refractivity contribution >= 4 is 21.4 Å². The Balaban J connectivity index is 0.000000471. The first kappa shape index (κ1) is 20.7. The van der Waals surface area contributed by atoms with Crippen molar-refractivity contribution in [2.24, 2.45) is 0 Å². The molecule has 0 saturated carbocycles. The molecule has 0 N–H and O–H groups in total. The van der Waals surface area contributed by atoms with Crippen molar-refractivity contribution in [1.82, 2.24) is 0 Å². The molecule has 0 aliphatic heterocycles. The Labute approximate surface area is 136 Å². The Morgan fingerprint density at radius 2 is 1.38 bits per heavy atom. The topological polar surface area (TPSA) is 27.7 Å². The van der Waals surface area contributed by atoms with Crippen LogP contribution in [-0.2, 0) is 13.3 Å². The third-order valence-electron chi connectivity index (χ3n) is 2.67. The minimum atomic E-state index is -2.37. The summed E-state index contributed by atoms with van der Waals surface area (Å²) < 4.78 is 17.0. The minimum absolute atomic E-state index is 0.652. The van der Waals surface area contributed by atoms with Gasteiger partial charge in [-0.25, -0.2) is 0 Å². The fourth-order valence-corrected chi connectivity index (χ4v) is 4.90. The molecule has 1 rings (SSSR count). The molecular weight excluding hydrogens is 300 g/mol. The maximum atomic E-state index is 5.67. The summed E-state index contributed by atoms with van der Waals surface area (Å²) in [5.74, 6) is 0.849. The summed E-state index contributed by atoms with van der Waals surface area (Å²) in [4.78, 5) is 0. The number of rotatable bonds is 9. The van der Waals surface area contributed by atoms with Crippen molar-refractivity contribution in [3.8, 4) is 0 Å². The lowest BCUT2D eigenvalue weighted by atomic mass is 10.2. The first-order valence-corrected chi connectivity index (χ1v) is 10.2. The largest absolute Gasteiger partial charge is 0.500 e. The van der Waals surface area contributed by atoms with Crippen LogP contribution in [0.15, 0.2) is 30.3 Å². The molecule has 0 bridgehead atoms. The molecule has 0 atom stereocenters. The maximum Gasteiger partial charge on any atom is 0.500 e. The van der Waals surface area contributed by atoms with Crippen LogP contribution in [0.3, 0.4) is 0 Å². The Hall–Kier alpha value is -0.333. The van der Waals surface area contributed by atoms with Crippen LogP contribution in [-0.4, -0.2) is 34.4 Å². The van der Waals surface area contributed by atoms with Crippen molar-refractivity contribution in [1.29, 1.82) is 0 Å². The average Bonchev–Trinajstić information content (AvgIpc) is 2.47. The highest BCUT2D eigenvalue weighted by molar-refractivity contribution is 7.80. The molecule has 1 aromatic rings. The monoisotopic (exact) mass is 330 g/mol. The number of thiol groups is 1. The lowest BCUT2D eigenvalue weighted by Crippen LogP contribution is -2.46. The van der Waals surface area contributed by atoms with E-state index in [0.717, 1.165) is 18.2 Å². The predicted molar refractivity (Wildman–Crippen MR) is 95.1 cm³/mol. The van der Waals surface area contributed by atoms with Gasteiger partial charge in [-0.1, -0.05) is 35.9 Å². The second-order valence-electron chi connectivity index (χ2n) is 4.46. The van der Waals surface area contributed by atoms with E-state index >= 15 is 0 Å². The van der Waals surface area contributed by atoms with Gasteiger partial charge < -0.3 is 13.3 Å². The molecule has 0 heterocycles. The van der Waals surface area contributed by atoms with E-state index in [1.165, 1.54) is 5.56 Å². The van der Waals surface area contributed by atoms with E-state index < -0.39 is 8.80 Å². The molecule has 0 unspecified atom stereocenters. The van der Waals surface area contributed by atoms with Gasteiger partial charge in [0.05, 0.1) is 0 Å². The third-order valence-corrected chi connectivity index (χ3v) is 6.14. The molecule has 0 aromatic heterocycles. The van der Waals surface area contributed by atoms with Crippen molar-refractivity contribution in [2.75, 3.05) is 25.6 Å². The predicted octanol–water partition coefficient (Wildman–Crippen LogP) is 4.35. The molecule has 0 spiro atoms. The first-order valence-electron chi connectivity index (χ1n) is 7.68. The summed E-state index contributed by atoms with van der Waals surface area (Å²) in [7, 11) is -2.37. The molecule has 0 radical (unpaired) electrons. The standard InChI is InChI=1S/C9H22O3SSi.C7H8/c1-4-10-14(11-5-2,12-6-3)9-7-8-13;1-7-5-3-2-4-6-7/h13H,4-9H2,1-3H3;2-6H,1H3. The van der Waals surface area contributed by atoms with Gasteiger partial charge in [0, 0.05) is 25.9 Å². The van der Waals surface area contributed by atoms with Crippen LogP contribution in [0, 0.1) is 6.92 Å². The van der Waals surface area contributed by atoms with E-state index in [1.54, 1.807) is 0 Å². The van der Waals surface area contributed by atoms with E-state index in [1.807, 2.05) is 39.0 Å². The molecule has 1 aromatic carbocycles. The number of hydrogen-bond donors (Lipinski definition) is 1. The van der Waals surface area contributed by atoms with Gasteiger partial charge in [-0.15, -0.1) is 0 Å². The molecule has 0 aliphatic carbocycles. The lowest BCUT2D eigenvalue weighted by molar-refractivity contribution is 0.0712. The van der Waals surface area contributed by atoms with Gasteiger partial charge in [0.15, 0.2) is 0 Å². The van der Waals surface area contributed by atoms with E-state index in [9.17, 15) is 0 Å². The highest BCUT2D eigenvalue weighted by Crippen LogP contribution is 2.18. The minimum Gasteiger partial charge on any atom is -0.374 e. The van der Waals surface area contributed by atoms with E-state index in [4.69, 9.17) is 13.3 Å². The second kappa shape index (κ2) is 13.3. The van der Waals surface area contributed by atoms with Gasteiger partial charge in [0.2, 0.25) is 0 Å². The normalized spacial score (nSPS) is 10.9. The van der Waals surface area contributed by atoms with Gasteiger partial charge in [0.1, 0.15) is 0 Å². The van der Waals surface area contributed by atoms with Gasteiger partial charge in [0.25, 0.3) is 0 Å². The molecular formula is C16H30O3SSi. The molecule has 0 aliphatic rings. The molecule has 0 fully saturated rings. The van der Waals surface area contributed by atoms with Crippen LogP contribution >= 0.6 is 12.6 Å². The number of aryl methyl sites for hydroxylation is 1. The zero-order valence-electron chi connectivity index (χ0n) is 13.8. The van der Waals surface area contributed by atoms with Gasteiger partial charge in [-0.2, -0.15) is 12.6 Å². The number of hydrogen-bond acceptors (Lipinski definition) is 4. The highest BCUT2D eigenvalue weighted by atomic mass is 32.1. The SMILES string of the molecule is CCO[Si](CCCS)(OCC)OCC.Cc1ccccc1. The quantitative estimate of drug-likeness (QED) is 0.539. The van der Waals surface area contributed by atoms with Crippen molar-refractivity contribution in [3.05, 3.63) is 35.9 Å². The molecule has 122 valence electrons. The Morgan fingerprint density at radius 3 is 1.67 bits per heavy atom. The van der Waals surface area contributed by atoms with Crippen LogP contribution in [0.4, 0.5) is 0 Å². The zero-order chi connectivity index (χ0) is 16.0. The van der Waals surface area contributed by atoms with Crippen molar-refractivity contribution in [3.63, 3.8) is 0 Å². The summed E-state index contributed by atoms with van der Waals surface area (Å²) in [5, 5.41) is 0. The lowest BCUT2D eigenvalue weighted by Gasteiger charge is -2.28. The average molecular weight is 331 g/mol. The van der Waals surface area contributed by atoms with Gasteiger partial charge >= 0.3 is 8.80 Å². The number of benzene rings is 1. The Bertz CT molecular complexity index is 319. The fourth-order valence-electron chi connectivity index (χ4n) is 1.83. The van der Waals surface area contributed by atoms with E-state index in [0.29, 0.717) is 19.8 Å². The van der Waals surface area contributed by atoms with Crippen molar-refractivity contribution < 1.29 is 13.3 Å². The Kier molecular flexibility index (Phi) is 13.1. The first-order chi connectivity index (χ1) is 10.1. The van der Waals surface area contributed by atoms with E-state index in [2.05, 4.69) is 31.7 Å². The molecule has 21 heavy (non-hydrogen) atoms. The summed E-state index contributed by atoms with van der Waals surface area (Å²) in [6.07, 6.45) is 0.981.